The molecule has 2 saturated heterocycles. The third kappa shape index (κ3) is 4.94. The van der Waals surface area contributed by atoms with Gasteiger partial charge in [0.1, 0.15) is 23.0 Å². The van der Waals surface area contributed by atoms with Crippen molar-refractivity contribution in [3.05, 3.63) is 59.5 Å². The monoisotopic (exact) mass is 528 g/mol. The van der Waals surface area contributed by atoms with E-state index in [1.807, 2.05) is 0 Å². The molecule has 2 bridgehead atoms. The van der Waals surface area contributed by atoms with Crippen molar-refractivity contribution in [1.29, 1.82) is 0 Å². The Bertz CT molecular complexity index is 1310. The molecule has 2 aromatic heterocycles. The minimum absolute atomic E-state index is 0.163. The number of hydrogen-bond donors (Lipinski definition) is 2. The molecule has 2 N–H and O–H groups in total. The summed E-state index contributed by atoms with van der Waals surface area (Å²) in [4.78, 5) is 17.9. The summed E-state index contributed by atoms with van der Waals surface area (Å²) in [5.74, 6) is 0.462. The Labute approximate surface area is 216 Å². The number of halogens is 3. The van der Waals surface area contributed by atoms with Crippen LogP contribution in [0.5, 0.6) is 5.75 Å². The first kappa shape index (κ1) is 24.7. The van der Waals surface area contributed by atoms with Crippen molar-refractivity contribution in [2.75, 3.05) is 4.90 Å². The first-order valence-corrected chi connectivity index (χ1v) is 12.8. The largest absolute Gasteiger partial charge is 0.573 e. The summed E-state index contributed by atoms with van der Waals surface area (Å²) < 4.78 is 49.1. The fraction of sp³-hybridized carbons (Fsp3) is 0.444. The van der Waals surface area contributed by atoms with E-state index in [-0.39, 0.29) is 40.9 Å². The predicted octanol–water partition coefficient (Wildman–Crippen LogP) is 5.50. The summed E-state index contributed by atoms with van der Waals surface area (Å²) in [6.07, 6.45) is 2.34. The number of piperidine rings is 1. The van der Waals surface area contributed by atoms with Gasteiger partial charge < -0.3 is 24.6 Å². The van der Waals surface area contributed by atoms with E-state index >= 15 is 0 Å². The predicted molar refractivity (Wildman–Crippen MR) is 131 cm³/mol. The number of anilines is 1. The van der Waals surface area contributed by atoms with Gasteiger partial charge >= 0.3 is 12.3 Å². The fourth-order valence-corrected chi connectivity index (χ4v) is 5.88. The molecule has 3 fully saturated rings. The lowest BCUT2D eigenvalue weighted by Crippen LogP contribution is -2.49. The Kier molecular flexibility index (Phi) is 6.25. The lowest BCUT2D eigenvalue weighted by Gasteiger charge is -2.40. The highest BCUT2D eigenvalue weighted by atomic mass is 19.4. The smallest absolute Gasteiger partial charge is 0.478 e. The maximum absolute atomic E-state index is 13.0. The second-order valence-corrected chi connectivity index (χ2v) is 10.2. The molecule has 2 unspecified atom stereocenters. The average Bonchev–Trinajstić information content (AvgIpc) is 3.58. The second kappa shape index (κ2) is 9.61. The van der Waals surface area contributed by atoms with Crippen LogP contribution in [0.15, 0.2) is 47.1 Å². The van der Waals surface area contributed by atoms with E-state index in [1.165, 1.54) is 18.3 Å². The molecule has 4 heterocycles. The van der Waals surface area contributed by atoms with Crippen LogP contribution in [0.3, 0.4) is 0 Å². The van der Waals surface area contributed by atoms with Crippen LogP contribution in [0, 0.1) is 0 Å². The fourth-order valence-electron chi connectivity index (χ4n) is 5.88. The number of carbonyl (C=O) groups is 1. The van der Waals surface area contributed by atoms with Gasteiger partial charge in [-0.25, -0.2) is 9.78 Å². The molecule has 1 aliphatic carbocycles. The quantitative estimate of drug-likeness (QED) is 0.395. The number of nitrogens with one attached hydrogen (secondary N) is 1. The van der Waals surface area contributed by atoms with Gasteiger partial charge in [0, 0.05) is 47.9 Å². The van der Waals surface area contributed by atoms with Gasteiger partial charge in [0.15, 0.2) is 0 Å². The number of aromatic carboxylic acids is 1. The van der Waals surface area contributed by atoms with Gasteiger partial charge in [-0.15, -0.1) is 13.2 Å². The van der Waals surface area contributed by atoms with Gasteiger partial charge in [-0.3, -0.25) is 0 Å². The molecule has 3 aromatic rings. The summed E-state index contributed by atoms with van der Waals surface area (Å²) in [6.45, 7) is 0.431. The zero-order valence-electron chi connectivity index (χ0n) is 20.4. The number of nitrogens with zero attached hydrogens (tertiary/aromatic N) is 3. The molecule has 0 radical (unpaired) electrons. The number of para-hydroxylation sites is 1. The number of fused-ring (bicyclic) bond motifs is 2. The highest BCUT2D eigenvalue weighted by Crippen LogP contribution is 2.46. The first-order valence-electron chi connectivity index (χ1n) is 12.8. The van der Waals surface area contributed by atoms with Crippen LogP contribution in [-0.4, -0.2) is 45.7 Å². The lowest BCUT2D eigenvalue weighted by atomic mass is 9.96. The molecular weight excluding hydrogens is 501 g/mol. The van der Waals surface area contributed by atoms with E-state index in [0.717, 1.165) is 55.7 Å². The van der Waals surface area contributed by atoms with E-state index in [4.69, 9.17) is 9.63 Å². The van der Waals surface area contributed by atoms with Crippen LogP contribution >= 0.6 is 0 Å². The number of rotatable bonds is 8. The van der Waals surface area contributed by atoms with Gasteiger partial charge in [0.2, 0.25) is 0 Å². The molecule has 2 atom stereocenters. The molecule has 2 aliphatic heterocycles. The number of benzene rings is 1. The van der Waals surface area contributed by atoms with Crippen molar-refractivity contribution >= 4 is 11.8 Å². The van der Waals surface area contributed by atoms with E-state index < -0.39 is 12.3 Å². The number of carboxylic acids is 1. The van der Waals surface area contributed by atoms with Crippen molar-refractivity contribution in [2.45, 2.75) is 75.5 Å². The van der Waals surface area contributed by atoms with Gasteiger partial charge in [-0.05, 0) is 62.8 Å². The van der Waals surface area contributed by atoms with E-state index in [2.05, 4.69) is 25.1 Å². The van der Waals surface area contributed by atoms with Crippen molar-refractivity contribution in [2.24, 2.45) is 0 Å². The van der Waals surface area contributed by atoms with Crippen molar-refractivity contribution in [3.8, 4) is 17.0 Å². The molecule has 200 valence electrons. The van der Waals surface area contributed by atoms with Gasteiger partial charge in [-0.2, -0.15) is 0 Å². The maximum atomic E-state index is 13.0. The van der Waals surface area contributed by atoms with Crippen molar-refractivity contribution in [1.82, 2.24) is 15.5 Å². The molecule has 11 heteroatoms. The Balaban J connectivity index is 1.19. The standard InChI is InChI=1S/C27H27F3N4O4/c28-27(29,30)37-22-4-2-1-3-20(22)24-21(25(38-33-24)15-5-6-15)14-31-17-11-18-8-9-19(12-17)34(18)23-10-7-16(13-32-23)26(35)36/h1-4,7,10,13,15,17-19,31H,5-6,8-9,11-12,14H2,(H,35,36). The Morgan fingerprint density at radius 2 is 1.84 bits per heavy atom. The van der Waals surface area contributed by atoms with E-state index in [1.54, 1.807) is 24.3 Å². The van der Waals surface area contributed by atoms with Crippen LogP contribution in [0.25, 0.3) is 11.3 Å². The van der Waals surface area contributed by atoms with Crippen molar-refractivity contribution in [3.63, 3.8) is 0 Å². The molecule has 3 aliphatic rings. The molecule has 1 aromatic carbocycles. The van der Waals surface area contributed by atoms with Crippen LogP contribution in [0.2, 0.25) is 0 Å². The highest BCUT2D eigenvalue weighted by Gasteiger charge is 2.42. The Morgan fingerprint density at radius 1 is 1.11 bits per heavy atom. The van der Waals surface area contributed by atoms with Gasteiger partial charge in [0.05, 0.1) is 5.56 Å². The Hall–Kier alpha value is -3.60. The third-order valence-electron chi connectivity index (χ3n) is 7.69. The van der Waals surface area contributed by atoms with Crippen LogP contribution in [0.1, 0.15) is 66.1 Å². The van der Waals surface area contributed by atoms with Crippen molar-refractivity contribution < 1.29 is 32.3 Å². The number of aromatic nitrogens is 2. The molecule has 6 rings (SSSR count). The third-order valence-corrected chi connectivity index (χ3v) is 7.69. The lowest BCUT2D eigenvalue weighted by molar-refractivity contribution is -0.274. The normalized spacial score (nSPS) is 23.0. The minimum atomic E-state index is -4.81. The van der Waals surface area contributed by atoms with E-state index in [9.17, 15) is 18.0 Å². The van der Waals surface area contributed by atoms with Crippen LogP contribution < -0.4 is 15.0 Å². The molecule has 0 spiro atoms. The molecule has 1 saturated carbocycles. The summed E-state index contributed by atoms with van der Waals surface area (Å²) >= 11 is 0. The molecule has 8 nitrogen and oxygen atoms in total. The number of alkyl halides is 3. The molecular formula is C27H27F3N4O4. The van der Waals surface area contributed by atoms with E-state index in [0.29, 0.717) is 12.2 Å². The zero-order valence-corrected chi connectivity index (χ0v) is 20.4. The molecule has 0 amide bonds. The first-order chi connectivity index (χ1) is 18.3. The topological polar surface area (TPSA) is 101 Å². The minimum Gasteiger partial charge on any atom is -0.478 e. The summed E-state index contributed by atoms with van der Waals surface area (Å²) in [5, 5.41) is 17.0. The maximum Gasteiger partial charge on any atom is 0.573 e. The van der Waals surface area contributed by atoms with Gasteiger partial charge in [0.25, 0.3) is 0 Å². The summed E-state index contributed by atoms with van der Waals surface area (Å²) in [5.41, 5.74) is 1.58. The number of hydrogen-bond acceptors (Lipinski definition) is 7. The number of carboxylic acid groups (broad SMARTS) is 1. The Morgan fingerprint density at radius 3 is 2.47 bits per heavy atom. The molecule has 38 heavy (non-hydrogen) atoms. The van der Waals surface area contributed by atoms with Gasteiger partial charge in [-0.1, -0.05) is 17.3 Å². The van der Waals surface area contributed by atoms with Crippen LogP contribution in [0.4, 0.5) is 19.0 Å². The summed E-state index contributed by atoms with van der Waals surface area (Å²) in [6, 6.07) is 10.1. The number of ether oxygens (including phenoxy) is 1. The number of pyridine rings is 1. The second-order valence-electron chi connectivity index (χ2n) is 10.2. The average molecular weight is 529 g/mol. The van der Waals surface area contributed by atoms with Crippen LogP contribution in [-0.2, 0) is 6.54 Å². The summed E-state index contributed by atoms with van der Waals surface area (Å²) in [7, 11) is 0. The highest BCUT2D eigenvalue weighted by molar-refractivity contribution is 5.87. The SMILES string of the molecule is O=C(O)c1ccc(N2C3CCC2CC(NCc2c(-c4ccccc4OC(F)(F)F)noc2C2CC2)C3)nc1. The zero-order chi connectivity index (χ0) is 26.4.